The third kappa shape index (κ3) is 2.64. The number of fused-ring (bicyclic) bond motifs is 2. The summed E-state index contributed by atoms with van der Waals surface area (Å²) in [6, 6.07) is 14.8. The van der Waals surface area contributed by atoms with Crippen LogP contribution in [0.25, 0.3) is 0 Å². The third-order valence-corrected chi connectivity index (χ3v) is 4.69. The van der Waals surface area contributed by atoms with Crippen LogP contribution in [0.4, 0.5) is 0 Å². The Bertz CT molecular complexity index is 592. The van der Waals surface area contributed by atoms with Crippen molar-refractivity contribution in [2.75, 3.05) is 0 Å². The van der Waals surface area contributed by atoms with Crippen molar-refractivity contribution in [1.29, 1.82) is 0 Å². The molecule has 0 spiro atoms. The van der Waals surface area contributed by atoms with Crippen LogP contribution in [0.5, 0.6) is 11.5 Å². The predicted molar refractivity (Wildman–Crippen MR) is 80.2 cm³/mol. The summed E-state index contributed by atoms with van der Waals surface area (Å²) in [5, 5.41) is 0. The molecule has 0 radical (unpaired) electrons. The molecule has 19 heavy (non-hydrogen) atoms. The van der Waals surface area contributed by atoms with Gasteiger partial charge in [0.15, 0.2) is 0 Å². The van der Waals surface area contributed by atoms with E-state index in [9.17, 15) is 0 Å². The van der Waals surface area contributed by atoms with Gasteiger partial charge >= 0.3 is 0 Å². The first-order valence-corrected chi connectivity index (χ1v) is 7.65. The fourth-order valence-corrected chi connectivity index (χ4v) is 3.18. The Hall–Kier alpha value is -1.41. The quantitative estimate of drug-likeness (QED) is 0.618. The van der Waals surface area contributed by atoms with Gasteiger partial charge in [-0.1, -0.05) is 50.2 Å². The molecule has 2 aromatic rings. The van der Waals surface area contributed by atoms with Crippen molar-refractivity contribution in [3.63, 3.8) is 0 Å². The van der Waals surface area contributed by atoms with E-state index in [4.69, 9.17) is 4.74 Å². The molecule has 2 aromatic carbocycles. The molecule has 98 valence electrons. The molecule has 3 rings (SSSR count). The molecule has 0 aliphatic carbocycles. The van der Waals surface area contributed by atoms with Crippen LogP contribution in [0.2, 0.25) is 0 Å². The first kappa shape index (κ1) is 12.6. The van der Waals surface area contributed by atoms with Gasteiger partial charge in [-0.05, 0) is 42.2 Å². The van der Waals surface area contributed by atoms with Crippen LogP contribution >= 0.6 is 11.8 Å². The van der Waals surface area contributed by atoms with Gasteiger partial charge in [-0.3, -0.25) is 0 Å². The lowest BCUT2D eigenvalue weighted by molar-refractivity contribution is 0.452. The van der Waals surface area contributed by atoms with Gasteiger partial charge in [-0.25, -0.2) is 0 Å². The minimum atomic E-state index is 0.724. The topological polar surface area (TPSA) is 9.23 Å². The van der Waals surface area contributed by atoms with Crippen LogP contribution in [-0.4, -0.2) is 0 Å². The molecule has 0 fully saturated rings. The van der Waals surface area contributed by atoms with Gasteiger partial charge in [-0.2, -0.15) is 0 Å². The molecule has 0 N–H and O–H groups in total. The smallest absolute Gasteiger partial charge is 0.141 e. The molecule has 2 heteroatoms. The van der Waals surface area contributed by atoms with Gasteiger partial charge in [0.1, 0.15) is 11.5 Å². The zero-order chi connectivity index (χ0) is 13.2. The largest absolute Gasteiger partial charge is 0.455 e. The average molecular weight is 270 g/mol. The fourth-order valence-electron chi connectivity index (χ4n) is 2.25. The maximum absolute atomic E-state index is 6.01. The zero-order valence-electron chi connectivity index (χ0n) is 11.3. The van der Waals surface area contributed by atoms with Gasteiger partial charge < -0.3 is 4.74 Å². The second kappa shape index (κ2) is 5.30. The highest BCUT2D eigenvalue weighted by Gasteiger charge is 2.17. The van der Waals surface area contributed by atoms with E-state index in [2.05, 4.69) is 44.2 Å². The van der Waals surface area contributed by atoms with Crippen molar-refractivity contribution in [3.8, 4) is 11.5 Å². The summed E-state index contributed by atoms with van der Waals surface area (Å²) >= 11 is 1.79. The number of hydrogen-bond donors (Lipinski definition) is 0. The lowest BCUT2D eigenvalue weighted by Crippen LogP contribution is -2.00. The standard InChI is InChI=1S/C17H18OS/c1-3-12(2)10-13-8-9-17-15(11-13)18-14-6-4-5-7-16(14)19-17/h4-9,11-12H,3,10H2,1-2H3. The highest BCUT2D eigenvalue weighted by molar-refractivity contribution is 7.99. The van der Waals surface area contributed by atoms with E-state index in [-0.39, 0.29) is 0 Å². The van der Waals surface area contributed by atoms with E-state index in [1.54, 1.807) is 11.8 Å². The maximum Gasteiger partial charge on any atom is 0.141 e. The molecule has 0 saturated heterocycles. The average Bonchev–Trinajstić information content (AvgIpc) is 2.45. The number of hydrogen-bond acceptors (Lipinski definition) is 2. The van der Waals surface area contributed by atoms with Crippen LogP contribution < -0.4 is 4.74 Å². The summed E-state index contributed by atoms with van der Waals surface area (Å²) in [6.45, 7) is 4.54. The van der Waals surface area contributed by atoms with Crippen molar-refractivity contribution in [3.05, 3.63) is 48.0 Å². The predicted octanol–water partition coefficient (Wildman–Crippen LogP) is 5.53. The van der Waals surface area contributed by atoms with Crippen molar-refractivity contribution in [2.24, 2.45) is 5.92 Å². The molecular formula is C17H18OS. The number of ether oxygens (including phenoxy) is 1. The summed E-state index contributed by atoms with van der Waals surface area (Å²) < 4.78 is 6.01. The monoisotopic (exact) mass is 270 g/mol. The first-order valence-electron chi connectivity index (χ1n) is 6.84. The van der Waals surface area contributed by atoms with Crippen molar-refractivity contribution >= 4 is 11.8 Å². The molecule has 1 aliphatic rings. The summed E-state index contributed by atoms with van der Waals surface area (Å²) in [6.07, 6.45) is 2.34. The molecule has 0 bridgehead atoms. The normalized spacial score (nSPS) is 14.2. The Morgan fingerprint density at radius 2 is 1.84 bits per heavy atom. The van der Waals surface area contributed by atoms with E-state index >= 15 is 0 Å². The summed E-state index contributed by atoms with van der Waals surface area (Å²) in [4.78, 5) is 2.41. The molecule has 1 nitrogen and oxygen atoms in total. The Morgan fingerprint density at radius 3 is 2.68 bits per heavy atom. The summed E-state index contributed by atoms with van der Waals surface area (Å²) in [7, 11) is 0. The minimum Gasteiger partial charge on any atom is -0.455 e. The van der Waals surface area contributed by atoms with Crippen LogP contribution in [0.3, 0.4) is 0 Å². The number of rotatable bonds is 3. The van der Waals surface area contributed by atoms with Gasteiger partial charge in [0, 0.05) is 0 Å². The number of para-hydroxylation sites is 1. The first-order chi connectivity index (χ1) is 9.26. The molecule has 0 aromatic heterocycles. The molecule has 0 saturated carbocycles. The fraction of sp³-hybridized carbons (Fsp3) is 0.294. The van der Waals surface area contributed by atoms with Gasteiger partial charge in [-0.15, -0.1) is 0 Å². The Balaban J connectivity index is 1.87. The summed E-state index contributed by atoms with van der Waals surface area (Å²) in [5.41, 5.74) is 1.37. The van der Waals surface area contributed by atoms with Crippen molar-refractivity contribution in [2.45, 2.75) is 36.5 Å². The van der Waals surface area contributed by atoms with Crippen LogP contribution in [-0.2, 0) is 6.42 Å². The minimum absolute atomic E-state index is 0.724. The van der Waals surface area contributed by atoms with Crippen LogP contribution in [0.15, 0.2) is 52.3 Å². The highest BCUT2D eigenvalue weighted by Crippen LogP contribution is 2.47. The molecule has 1 atom stereocenters. The Kier molecular flexibility index (Phi) is 3.52. The zero-order valence-corrected chi connectivity index (χ0v) is 12.2. The van der Waals surface area contributed by atoms with E-state index in [1.165, 1.54) is 21.8 Å². The maximum atomic E-state index is 6.01. The lowest BCUT2D eigenvalue weighted by Gasteiger charge is -2.20. The van der Waals surface area contributed by atoms with Crippen molar-refractivity contribution < 1.29 is 4.74 Å². The summed E-state index contributed by atoms with van der Waals surface area (Å²) in [5.74, 6) is 2.70. The van der Waals surface area contributed by atoms with Gasteiger partial charge in [0.25, 0.3) is 0 Å². The Morgan fingerprint density at radius 1 is 1.05 bits per heavy atom. The molecule has 1 heterocycles. The van der Waals surface area contributed by atoms with Crippen LogP contribution in [0, 0.1) is 5.92 Å². The molecule has 1 aliphatic heterocycles. The van der Waals surface area contributed by atoms with E-state index in [1.807, 2.05) is 12.1 Å². The second-order valence-electron chi connectivity index (χ2n) is 5.15. The highest BCUT2D eigenvalue weighted by atomic mass is 32.2. The SMILES string of the molecule is CCC(C)Cc1ccc2c(c1)Oc1ccccc1S2. The molecular weight excluding hydrogens is 252 g/mol. The molecule has 0 amide bonds. The number of benzene rings is 2. The van der Waals surface area contributed by atoms with E-state index in [0.717, 1.165) is 23.8 Å². The second-order valence-corrected chi connectivity index (χ2v) is 6.23. The molecule has 1 unspecified atom stereocenters. The lowest BCUT2D eigenvalue weighted by atomic mass is 9.99. The van der Waals surface area contributed by atoms with Crippen LogP contribution in [0.1, 0.15) is 25.8 Å². The van der Waals surface area contributed by atoms with Crippen molar-refractivity contribution in [1.82, 2.24) is 0 Å². The Labute approximate surface area is 119 Å². The van der Waals surface area contributed by atoms with E-state index < -0.39 is 0 Å². The third-order valence-electron chi connectivity index (χ3n) is 3.58. The van der Waals surface area contributed by atoms with E-state index in [0.29, 0.717) is 0 Å². The van der Waals surface area contributed by atoms with Gasteiger partial charge in [0.05, 0.1) is 9.79 Å². The van der Waals surface area contributed by atoms with Gasteiger partial charge in [0.2, 0.25) is 0 Å².